The second-order valence-corrected chi connectivity index (χ2v) is 6.81. The van der Waals surface area contributed by atoms with Crippen molar-refractivity contribution in [3.05, 3.63) is 82.6 Å². The van der Waals surface area contributed by atoms with E-state index >= 15 is 0 Å². The van der Waals surface area contributed by atoms with Crippen molar-refractivity contribution in [2.45, 2.75) is 12.5 Å². The summed E-state index contributed by atoms with van der Waals surface area (Å²) in [5.74, 6) is 0. The summed E-state index contributed by atoms with van der Waals surface area (Å²) >= 11 is 3.48. The summed E-state index contributed by atoms with van der Waals surface area (Å²) in [6.45, 7) is 0. The van der Waals surface area contributed by atoms with Crippen LogP contribution in [-0.2, 0) is 6.42 Å². The van der Waals surface area contributed by atoms with Crippen LogP contribution in [0.5, 0.6) is 0 Å². The van der Waals surface area contributed by atoms with Crippen LogP contribution in [0.3, 0.4) is 0 Å². The molecule has 2 aromatic heterocycles. The highest BCUT2D eigenvalue weighted by Gasteiger charge is 2.18. The molecule has 124 valence electrons. The van der Waals surface area contributed by atoms with Crippen molar-refractivity contribution in [1.29, 1.82) is 0 Å². The molecule has 1 atom stereocenters. The van der Waals surface area contributed by atoms with E-state index in [1.807, 2.05) is 60.7 Å². The highest BCUT2D eigenvalue weighted by atomic mass is 79.9. The van der Waals surface area contributed by atoms with Gasteiger partial charge in [0.05, 0.1) is 0 Å². The lowest BCUT2D eigenvalue weighted by Gasteiger charge is -2.15. The average Bonchev–Trinajstić information content (AvgIpc) is 3.06. The van der Waals surface area contributed by atoms with Gasteiger partial charge >= 0.3 is 0 Å². The van der Waals surface area contributed by atoms with E-state index < -0.39 is 0 Å². The Morgan fingerprint density at radius 3 is 2.72 bits per heavy atom. The van der Waals surface area contributed by atoms with Crippen molar-refractivity contribution in [1.82, 2.24) is 10.1 Å². The number of nitrogens with two attached hydrogens (primary N) is 1. The lowest BCUT2D eigenvalue weighted by Crippen LogP contribution is -2.15. The van der Waals surface area contributed by atoms with Crippen molar-refractivity contribution in [3.63, 3.8) is 0 Å². The van der Waals surface area contributed by atoms with E-state index in [1.54, 1.807) is 6.20 Å². The first kappa shape index (κ1) is 16.0. The van der Waals surface area contributed by atoms with Crippen molar-refractivity contribution in [2.24, 2.45) is 5.73 Å². The van der Waals surface area contributed by atoms with E-state index in [1.165, 1.54) is 0 Å². The highest BCUT2D eigenvalue weighted by molar-refractivity contribution is 9.10. The van der Waals surface area contributed by atoms with Crippen molar-refractivity contribution < 1.29 is 4.52 Å². The third kappa shape index (κ3) is 3.21. The number of halogens is 1. The molecule has 0 saturated heterocycles. The second-order valence-electron chi connectivity index (χ2n) is 5.89. The van der Waals surface area contributed by atoms with Crippen LogP contribution in [0, 0.1) is 0 Å². The zero-order valence-corrected chi connectivity index (χ0v) is 15.0. The van der Waals surface area contributed by atoms with Gasteiger partial charge in [0.1, 0.15) is 5.69 Å². The van der Waals surface area contributed by atoms with Gasteiger partial charge in [-0.2, -0.15) is 0 Å². The van der Waals surface area contributed by atoms with Gasteiger partial charge in [0.15, 0.2) is 5.58 Å². The average molecular weight is 394 g/mol. The third-order valence-corrected chi connectivity index (χ3v) is 4.69. The number of benzene rings is 2. The molecule has 4 nitrogen and oxygen atoms in total. The van der Waals surface area contributed by atoms with Crippen LogP contribution >= 0.6 is 15.9 Å². The molecular weight excluding hydrogens is 378 g/mol. The number of hydrogen-bond acceptors (Lipinski definition) is 4. The summed E-state index contributed by atoms with van der Waals surface area (Å²) < 4.78 is 6.46. The number of aromatic nitrogens is 2. The zero-order valence-electron chi connectivity index (χ0n) is 13.4. The van der Waals surface area contributed by atoms with Crippen LogP contribution < -0.4 is 5.73 Å². The van der Waals surface area contributed by atoms with Gasteiger partial charge in [0, 0.05) is 39.8 Å². The Labute approximate surface area is 153 Å². The smallest absolute Gasteiger partial charge is 0.167 e. The summed E-state index contributed by atoms with van der Waals surface area (Å²) in [5.41, 5.74) is 11.1. The molecule has 2 aromatic carbocycles. The summed E-state index contributed by atoms with van der Waals surface area (Å²) in [6.07, 6.45) is 2.43. The summed E-state index contributed by atoms with van der Waals surface area (Å²) in [7, 11) is 0. The summed E-state index contributed by atoms with van der Waals surface area (Å²) in [5, 5.41) is 5.26. The molecule has 2 N–H and O–H groups in total. The predicted molar refractivity (Wildman–Crippen MR) is 102 cm³/mol. The largest absolute Gasteiger partial charge is 0.356 e. The van der Waals surface area contributed by atoms with E-state index in [4.69, 9.17) is 10.3 Å². The van der Waals surface area contributed by atoms with Crippen LogP contribution in [0.2, 0.25) is 0 Å². The van der Waals surface area contributed by atoms with Crippen LogP contribution in [0.1, 0.15) is 17.3 Å². The van der Waals surface area contributed by atoms with E-state index in [0.717, 1.165) is 38.0 Å². The fourth-order valence-corrected chi connectivity index (χ4v) is 3.39. The maximum absolute atomic E-state index is 6.51. The summed E-state index contributed by atoms with van der Waals surface area (Å²) in [4.78, 5) is 4.40. The Balaban J connectivity index is 1.74. The van der Waals surface area contributed by atoms with Crippen LogP contribution in [-0.4, -0.2) is 10.1 Å². The Morgan fingerprint density at radius 1 is 1.04 bits per heavy atom. The number of hydrogen-bond donors (Lipinski definition) is 1. The van der Waals surface area contributed by atoms with Gasteiger partial charge in [-0.25, -0.2) is 0 Å². The Morgan fingerprint density at radius 2 is 1.84 bits per heavy atom. The van der Waals surface area contributed by atoms with Crippen molar-refractivity contribution in [2.75, 3.05) is 0 Å². The molecule has 0 unspecified atom stereocenters. The van der Waals surface area contributed by atoms with E-state index in [2.05, 4.69) is 26.1 Å². The first-order chi connectivity index (χ1) is 12.2. The van der Waals surface area contributed by atoms with Gasteiger partial charge in [-0.15, -0.1) is 0 Å². The summed E-state index contributed by atoms with van der Waals surface area (Å²) in [6, 6.07) is 19.6. The molecule has 0 aliphatic carbocycles. The van der Waals surface area contributed by atoms with Crippen LogP contribution in [0.25, 0.3) is 22.2 Å². The molecule has 0 amide bonds. The molecule has 25 heavy (non-hydrogen) atoms. The normalized spacial score (nSPS) is 12.4. The maximum Gasteiger partial charge on any atom is 0.167 e. The molecule has 4 rings (SSSR count). The second kappa shape index (κ2) is 6.78. The quantitative estimate of drug-likeness (QED) is 0.535. The van der Waals surface area contributed by atoms with Gasteiger partial charge in [-0.1, -0.05) is 57.5 Å². The van der Waals surface area contributed by atoms with Gasteiger partial charge in [-0.3, -0.25) is 4.98 Å². The molecule has 4 aromatic rings. The minimum absolute atomic E-state index is 0.187. The minimum Gasteiger partial charge on any atom is -0.356 e. The van der Waals surface area contributed by atoms with Crippen molar-refractivity contribution in [3.8, 4) is 11.3 Å². The lowest BCUT2D eigenvalue weighted by molar-refractivity contribution is 0.459. The molecule has 0 aliphatic rings. The van der Waals surface area contributed by atoms with E-state index in [0.29, 0.717) is 6.42 Å². The number of pyridine rings is 1. The molecule has 0 aliphatic heterocycles. The van der Waals surface area contributed by atoms with Crippen LogP contribution in [0.15, 0.2) is 75.9 Å². The van der Waals surface area contributed by atoms with E-state index in [9.17, 15) is 0 Å². The zero-order chi connectivity index (χ0) is 17.2. The first-order valence-electron chi connectivity index (χ1n) is 8.02. The molecule has 2 heterocycles. The lowest BCUT2D eigenvalue weighted by atomic mass is 9.94. The molecule has 0 radical (unpaired) electrons. The standard InChI is InChI=1S/C20H16BrN3O/c21-13-9-10-23-14(11-13)12-18(22)15-5-1-2-6-16(15)20-17-7-3-4-8-19(17)25-24-20/h1-11,18H,12,22H2/t18-/m0/s1. The van der Waals surface area contributed by atoms with Gasteiger partial charge < -0.3 is 10.3 Å². The molecular formula is C20H16BrN3O. The fraction of sp³-hybridized carbons (Fsp3) is 0.100. The monoisotopic (exact) mass is 393 g/mol. The minimum atomic E-state index is -0.187. The number of fused-ring (bicyclic) bond motifs is 1. The van der Waals surface area contributed by atoms with Gasteiger partial charge in [0.25, 0.3) is 0 Å². The SMILES string of the molecule is N[C@@H](Cc1cc(Br)ccn1)c1ccccc1-c1noc2ccccc12. The Kier molecular flexibility index (Phi) is 4.34. The van der Waals surface area contributed by atoms with Gasteiger partial charge in [0.2, 0.25) is 0 Å². The van der Waals surface area contributed by atoms with E-state index in [-0.39, 0.29) is 6.04 Å². The molecule has 0 fully saturated rings. The highest BCUT2D eigenvalue weighted by Crippen LogP contribution is 2.33. The first-order valence-corrected chi connectivity index (χ1v) is 8.81. The van der Waals surface area contributed by atoms with Gasteiger partial charge in [-0.05, 0) is 29.8 Å². The molecule has 0 bridgehead atoms. The fourth-order valence-electron chi connectivity index (χ4n) is 3.01. The topological polar surface area (TPSA) is 64.9 Å². The number of nitrogens with zero attached hydrogens (tertiary/aromatic N) is 2. The number of rotatable bonds is 4. The maximum atomic E-state index is 6.51. The predicted octanol–water partition coefficient (Wildman–Crippen LogP) is 4.89. The third-order valence-electron chi connectivity index (χ3n) is 4.20. The van der Waals surface area contributed by atoms with Crippen molar-refractivity contribution >= 4 is 26.9 Å². The Bertz CT molecular complexity index is 1030. The molecule has 5 heteroatoms. The number of para-hydroxylation sites is 1. The molecule has 0 saturated carbocycles. The molecule has 0 spiro atoms. The Hall–Kier alpha value is -2.50. The van der Waals surface area contributed by atoms with Crippen LogP contribution in [0.4, 0.5) is 0 Å².